The number of aliphatic carboxylic acids is 1. The van der Waals surface area contributed by atoms with E-state index in [1.165, 1.54) is 0 Å². The number of nitriles is 1. The van der Waals surface area contributed by atoms with Crippen LogP contribution in [0.3, 0.4) is 0 Å². The number of carbonyl (C=O) groups is 1. The van der Waals surface area contributed by atoms with Crippen molar-refractivity contribution < 1.29 is 14.6 Å². The molecule has 1 heterocycles. The van der Waals surface area contributed by atoms with Crippen LogP contribution >= 0.6 is 0 Å². The second-order valence-electron chi connectivity index (χ2n) is 2.54. The third-order valence-electron chi connectivity index (χ3n) is 1.84. The number of carboxylic acids is 1. The van der Waals surface area contributed by atoms with E-state index >= 15 is 0 Å². The normalized spacial score (nSPS) is 30.8. The molecule has 0 aliphatic carbocycles. The first-order valence-electron chi connectivity index (χ1n) is 3.46. The average Bonchev–Trinajstić information content (AvgIpc) is 2.04. The molecule has 0 aromatic heterocycles. The van der Waals surface area contributed by atoms with E-state index in [0.717, 1.165) is 0 Å². The molecule has 0 radical (unpaired) electrons. The van der Waals surface area contributed by atoms with E-state index in [1.54, 1.807) is 0 Å². The van der Waals surface area contributed by atoms with Crippen molar-refractivity contribution in [3.63, 3.8) is 0 Å². The van der Waals surface area contributed by atoms with Crippen LogP contribution in [0.15, 0.2) is 0 Å². The van der Waals surface area contributed by atoms with Gasteiger partial charge in [-0.2, -0.15) is 5.26 Å². The van der Waals surface area contributed by atoms with Gasteiger partial charge in [0.25, 0.3) is 0 Å². The highest BCUT2D eigenvalue weighted by atomic mass is 16.5. The maximum Gasteiger partial charge on any atom is 0.310 e. The molecular formula is C7H9NO3. The van der Waals surface area contributed by atoms with Crippen LogP contribution in [0.5, 0.6) is 0 Å². The summed E-state index contributed by atoms with van der Waals surface area (Å²) in [4.78, 5) is 10.5. The number of hydrogen-bond acceptors (Lipinski definition) is 3. The first-order valence-corrected chi connectivity index (χ1v) is 3.46. The fourth-order valence-corrected chi connectivity index (χ4v) is 1.14. The molecule has 1 saturated heterocycles. The van der Waals surface area contributed by atoms with Gasteiger partial charge in [0, 0.05) is 6.61 Å². The molecule has 0 amide bonds. The lowest BCUT2D eigenvalue weighted by atomic mass is 9.90. The van der Waals surface area contributed by atoms with Gasteiger partial charge >= 0.3 is 5.97 Å². The van der Waals surface area contributed by atoms with Gasteiger partial charge in [0.05, 0.1) is 24.5 Å². The minimum atomic E-state index is -0.934. The van der Waals surface area contributed by atoms with Crippen LogP contribution in [0.2, 0.25) is 0 Å². The Morgan fingerprint density at radius 2 is 2.45 bits per heavy atom. The quantitative estimate of drug-likeness (QED) is 0.589. The Morgan fingerprint density at radius 3 is 2.91 bits per heavy atom. The van der Waals surface area contributed by atoms with Crippen molar-refractivity contribution in [2.24, 2.45) is 11.8 Å². The molecule has 11 heavy (non-hydrogen) atoms. The smallest absolute Gasteiger partial charge is 0.310 e. The van der Waals surface area contributed by atoms with E-state index in [-0.39, 0.29) is 12.5 Å². The Bertz CT molecular complexity index is 196. The van der Waals surface area contributed by atoms with Crippen molar-refractivity contribution in [3.8, 4) is 6.07 Å². The Kier molecular flexibility index (Phi) is 2.44. The van der Waals surface area contributed by atoms with E-state index in [9.17, 15) is 4.79 Å². The minimum Gasteiger partial charge on any atom is -0.481 e. The van der Waals surface area contributed by atoms with Crippen LogP contribution in [-0.2, 0) is 9.53 Å². The fourth-order valence-electron chi connectivity index (χ4n) is 1.14. The van der Waals surface area contributed by atoms with Crippen molar-refractivity contribution in [2.45, 2.75) is 6.42 Å². The van der Waals surface area contributed by atoms with Gasteiger partial charge in [-0.3, -0.25) is 4.79 Å². The van der Waals surface area contributed by atoms with Crippen molar-refractivity contribution in [1.29, 1.82) is 5.26 Å². The van der Waals surface area contributed by atoms with Crippen LogP contribution in [0.1, 0.15) is 6.42 Å². The van der Waals surface area contributed by atoms with E-state index in [1.807, 2.05) is 6.07 Å². The predicted molar refractivity (Wildman–Crippen MR) is 35.7 cm³/mol. The number of hydrogen-bond donors (Lipinski definition) is 1. The van der Waals surface area contributed by atoms with Crippen LogP contribution in [0.25, 0.3) is 0 Å². The highest BCUT2D eigenvalue weighted by molar-refractivity contribution is 5.71. The summed E-state index contributed by atoms with van der Waals surface area (Å²) >= 11 is 0. The SMILES string of the molecule is N#C[C@@H]1CCOC[C@H]1C(=O)O. The molecule has 4 nitrogen and oxygen atoms in total. The van der Waals surface area contributed by atoms with Crippen molar-refractivity contribution in [1.82, 2.24) is 0 Å². The first kappa shape index (κ1) is 8.02. The predicted octanol–water partition coefficient (Wildman–Crippen LogP) is 0.247. The van der Waals surface area contributed by atoms with Crippen LogP contribution in [0, 0.1) is 23.2 Å². The maximum atomic E-state index is 10.5. The molecule has 4 heteroatoms. The molecule has 1 fully saturated rings. The van der Waals surface area contributed by atoms with Crippen LogP contribution < -0.4 is 0 Å². The molecule has 0 unspecified atom stereocenters. The zero-order chi connectivity index (χ0) is 8.27. The monoisotopic (exact) mass is 155 g/mol. The molecular weight excluding hydrogens is 146 g/mol. The van der Waals surface area contributed by atoms with Crippen LogP contribution in [0.4, 0.5) is 0 Å². The maximum absolute atomic E-state index is 10.5. The second-order valence-corrected chi connectivity index (χ2v) is 2.54. The van der Waals surface area contributed by atoms with E-state index < -0.39 is 11.9 Å². The summed E-state index contributed by atoms with van der Waals surface area (Å²) in [7, 11) is 0. The van der Waals surface area contributed by atoms with Gasteiger partial charge in [0.15, 0.2) is 0 Å². The van der Waals surface area contributed by atoms with Gasteiger partial charge in [-0.25, -0.2) is 0 Å². The summed E-state index contributed by atoms with van der Waals surface area (Å²) in [5.41, 5.74) is 0. The highest BCUT2D eigenvalue weighted by Gasteiger charge is 2.31. The summed E-state index contributed by atoms with van der Waals surface area (Å²) in [5.74, 6) is -1.94. The molecule has 0 aromatic carbocycles. The summed E-state index contributed by atoms with van der Waals surface area (Å²) < 4.78 is 4.94. The van der Waals surface area contributed by atoms with Gasteiger partial charge in [-0.15, -0.1) is 0 Å². The van der Waals surface area contributed by atoms with Crippen molar-refractivity contribution in [2.75, 3.05) is 13.2 Å². The van der Waals surface area contributed by atoms with Gasteiger partial charge in [0.2, 0.25) is 0 Å². The van der Waals surface area contributed by atoms with Crippen molar-refractivity contribution in [3.05, 3.63) is 0 Å². The summed E-state index contributed by atoms with van der Waals surface area (Å²) in [6.45, 7) is 0.676. The zero-order valence-corrected chi connectivity index (χ0v) is 5.99. The molecule has 0 saturated carbocycles. The van der Waals surface area contributed by atoms with E-state index in [4.69, 9.17) is 15.1 Å². The summed E-state index contributed by atoms with van der Waals surface area (Å²) in [5, 5.41) is 17.2. The molecule has 2 atom stereocenters. The third kappa shape index (κ3) is 1.69. The van der Waals surface area contributed by atoms with Crippen molar-refractivity contribution >= 4 is 5.97 Å². The number of nitrogens with zero attached hydrogens (tertiary/aromatic N) is 1. The Balaban J connectivity index is 2.60. The summed E-state index contributed by atoms with van der Waals surface area (Å²) in [6, 6.07) is 1.97. The Labute approximate surface area is 64.4 Å². The lowest BCUT2D eigenvalue weighted by Gasteiger charge is -2.22. The minimum absolute atomic E-state index is 0.174. The molecule has 60 valence electrons. The highest BCUT2D eigenvalue weighted by Crippen LogP contribution is 2.20. The van der Waals surface area contributed by atoms with Gasteiger partial charge in [0.1, 0.15) is 0 Å². The lowest BCUT2D eigenvalue weighted by Crippen LogP contribution is -2.32. The second kappa shape index (κ2) is 3.35. The molecule has 1 aliphatic rings. The first-order chi connectivity index (χ1) is 5.25. The van der Waals surface area contributed by atoms with Gasteiger partial charge in [-0.1, -0.05) is 0 Å². The standard InChI is InChI=1S/C7H9NO3/c8-3-5-1-2-11-4-6(5)7(9)10/h5-6H,1-2,4H2,(H,9,10)/t5-,6+/m0/s1. The molecule has 1 rings (SSSR count). The fraction of sp³-hybridized carbons (Fsp3) is 0.714. The number of rotatable bonds is 1. The number of carboxylic acid groups (broad SMARTS) is 1. The Hall–Kier alpha value is -1.08. The average molecular weight is 155 g/mol. The lowest BCUT2D eigenvalue weighted by molar-refractivity contribution is -0.147. The summed E-state index contributed by atoms with van der Waals surface area (Å²) in [6.07, 6.45) is 0.535. The van der Waals surface area contributed by atoms with E-state index in [0.29, 0.717) is 13.0 Å². The van der Waals surface area contributed by atoms with Crippen LogP contribution in [-0.4, -0.2) is 24.3 Å². The largest absolute Gasteiger partial charge is 0.481 e. The molecule has 0 aromatic rings. The third-order valence-corrected chi connectivity index (χ3v) is 1.84. The number of ether oxygens (including phenoxy) is 1. The molecule has 1 aliphatic heterocycles. The van der Waals surface area contributed by atoms with E-state index in [2.05, 4.69) is 0 Å². The van der Waals surface area contributed by atoms with Gasteiger partial charge < -0.3 is 9.84 Å². The zero-order valence-electron chi connectivity index (χ0n) is 5.99. The topological polar surface area (TPSA) is 70.3 Å². The molecule has 0 bridgehead atoms. The van der Waals surface area contributed by atoms with Gasteiger partial charge in [-0.05, 0) is 6.42 Å². The molecule has 0 spiro atoms. The Morgan fingerprint density at radius 1 is 1.73 bits per heavy atom. The molecule has 1 N–H and O–H groups in total.